The van der Waals surface area contributed by atoms with Crippen LogP contribution in [0.1, 0.15) is 27.2 Å². The third-order valence-corrected chi connectivity index (χ3v) is 4.60. The highest BCUT2D eigenvalue weighted by molar-refractivity contribution is 7.87. The lowest BCUT2D eigenvalue weighted by atomic mass is 9.94. The monoisotopic (exact) mass is 290 g/mol. The molecular formula is C13H26N2O3S. The third-order valence-electron chi connectivity index (χ3n) is 3.05. The molecule has 0 aliphatic carbocycles. The number of nitrogens with one attached hydrogen (secondary N) is 1. The van der Waals surface area contributed by atoms with Gasteiger partial charge in [0.25, 0.3) is 10.2 Å². The Hall–Kier alpha value is -0.430. The maximum atomic E-state index is 12.1. The molecule has 1 heterocycles. The molecule has 0 amide bonds. The summed E-state index contributed by atoms with van der Waals surface area (Å²) in [5, 5.41) is 0. The van der Waals surface area contributed by atoms with Crippen LogP contribution >= 0.6 is 0 Å². The van der Waals surface area contributed by atoms with E-state index in [1.165, 1.54) is 0 Å². The molecule has 1 N–H and O–H groups in total. The van der Waals surface area contributed by atoms with Gasteiger partial charge in [-0.25, -0.2) is 0 Å². The summed E-state index contributed by atoms with van der Waals surface area (Å²) in [6, 6.07) is 0. The van der Waals surface area contributed by atoms with Crippen molar-refractivity contribution in [1.29, 1.82) is 0 Å². The van der Waals surface area contributed by atoms with E-state index in [4.69, 9.17) is 4.74 Å². The fraction of sp³-hybridized carbons (Fsp3) is 0.846. The molecule has 5 nitrogen and oxygen atoms in total. The second-order valence-corrected chi connectivity index (χ2v) is 7.43. The topological polar surface area (TPSA) is 58.6 Å². The van der Waals surface area contributed by atoms with Gasteiger partial charge in [-0.05, 0) is 25.2 Å². The first-order chi connectivity index (χ1) is 8.81. The molecule has 2 unspecified atom stereocenters. The Balaban J connectivity index is 2.36. The number of hydrogen-bond donors (Lipinski definition) is 1. The van der Waals surface area contributed by atoms with Gasteiger partial charge >= 0.3 is 0 Å². The van der Waals surface area contributed by atoms with E-state index in [1.807, 2.05) is 6.92 Å². The zero-order valence-electron chi connectivity index (χ0n) is 12.2. The first-order valence-electron chi connectivity index (χ1n) is 6.78. The largest absolute Gasteiger partial charge is 0.376 e. The van der Waals surface area contributed by atoms with Crippen molar-refractivity contribution in [3.05, 3.63) is 12.2 Å². The van der Waals surface area contributed by atoms with E-state index in [2.05, 4.69) is 25.1 Å². The second-order valence-electron chi connectivity index (χ2n) is 5.67. The van der Waals surface area contributed by atoms with Crippen molar-refractivity contribution in [3.8, 4) is 0 Å². The summed E-state index contributed by atoms with van der Waals surface area (Å²) in [5.41, 5.74) is 0.932. The molecule has 0 aromatic rings. The number of piperidine rings is 1. The maximum Gasteiger partial charge on any atom is 0.279 e. The summed E-state index contributed by atoms with van der Waals surface area (Å²) in [4.78, 5) is 0. The molecule has 1 fully saturated rings. The predicted molar refractivity (Wildman–Crippen MR) is 77.1 cm³/mol. The third kappa shape index (κ3) is 6.03. The summed E-state index contributed by atoms with van der Waals surface area (Å²) < 4.78 is 33.6. The van der Waals surface area contributed by atoms with Gasteiger partial charge < -0.3 is 4.74 Å². The molecular weight excluding hydrogens is 264 g/mol. The molecule has 6 heteroatoms. The van der Waals surface area contributed by atoms with Crippen LogP contribution in [-0.2, 0) is 14.9 Å². The Kier molecular flexibility index (Phi) is 6.46. The quantitative estimate of drug-likeness (QED) is 0.569. The highest BCUT2D eigenvalue weighted by Gasteiger charge is 2.29. The van der Waals surface area contributed by atoms with E-state index in [0.29, 0.717) is 44.7 Å². The van der Waals surface area contributed by atoms with E-state index in [0.717, 1.165) is 12.0 Å². The number of hydrogen-bond acceptors (Lipinski definition) is 3. The standard InChI is InChI=1S/C13H26N2O3S/c1-11(2)10-18-6-5-14-19(16,17)15-8-12(3)7-13(4)9-15/h12-14H,1,5-10H2,2-4H3. The average molecular weight is 290 g/mol. The molecule has 1 aliphatic heterocycles. The maximum absolute atomic E-state index is 12.1. The summed E-state index contributed by atoms with van der Waals surface area (Å²) in [7, 11) is -3.37. The molecule has 2 atom stereocenters. The lowest BCUT2D eigenvalue weighted by molar-refractivity contribution is 0.160. The van der Waals surface area contributed by atoms with Crippen molar-refractivity contribution in [3.63, 3.8) is 0 Å². The number of rotatable bonds is 7. The van der Waals surface area contributed by atoms with Crippen molar-refractivity contribution in [1.82, 2.24) is 9.03 Å². The molecule has 0 radical (unpaired) electrons. The summed E-state index contributed by atoms with van der Waals surface area (Å²) in [5.74, 6) is 0.833. The van der Waals surface area contributed by atoms with Crippen LogP contribution < -0.4 is 4.72 Å². The van der Waals surface area contributed by atoms with Gasteiger partial charge in [0.2, 0.25) is 0 Å². The molecule has 0 saturated carbocycles. The molecule has 19 heavy (non-hydrogen) atoms. The van der Waals surface area contributed by atoms with Crippen LogP contribution in [0.25, 0.3) is 0 Å². The fourth-order valence-electron chi connectivity index (χ4n) is 2.38. The Bertz CT molecular complexity index is 385. The Labute approximate surface area is 117 Å². The van der Waals surface area contributed by atoms with Gasteiger partial charge in [-0.15, -0.1) is 0 Å². The first kappa shape index (κ1) is 16.6. The van der Waals surface area contributed by atoms with Crippen molar-refractivity contribution in [2.45, 2.75) is 27.2 Å². The fourth-order valence-corrected chi connectivity index (χ4v) is 3.81. The lowest BCUT2D eigenvalue weighted by Crippen LogP contribution is -2.48. The summed E-state index contributed by atoms with van der Waals surface area (Å²) >= 11 is 0. The van der Waals surface area contributed by atoms with Crippen LogP contribution in [0.5, 0.6) is 0 Å². The van der Waals surface area contributed by atoms with Gasteiger partial charge in [0.1, 0.15) is 0 Å². The van der Waals surface area contributed by atoms with E-state index < -0.39 is 10.2 Å². The number of nitrogens with zero attached hydrogens (tertiary/aromatic N) is 1. The summed E-state index contributed by atoms with van der Waals surface area (Å²) in [6.45, 7) is 12.1. The molecule has 1 saturated heterocycles. The van der Waals surface area contributed by atoms with Gasteiger partial charge in [0.15, 0.2) is 0 Å². The Morgan fingerprint density at radius 1 is 1.37 bits per heavy atom. The molecule has 1 rings (SSSR count). The minimum Gasteiger partial charge on any atom is -0.376 e. The van der Waals surface area contributed by atoms with Gasteiger partial charge in [-0.1, -0.05) is 26.0 Å². The first-order valence-corrected chi connectivity index (χ1v) is 8.22. The molecule has 1 aliphatic rings. The lowest BCUT2D eigenvalue weighted by Gasteiger charge is -2.33. The molecule has 0 spiro atoms. The van der Waals surface area contributed by atoms with Crippen LogP contribution in [0.2, 0.25) is 0 Å². The van der Waals surface area contributed by atoms with E-state index in [1.54, 1.807) is 4.31 Å². The second kappa shape index (κ2) is 7.38. The predicted octanol–water partition coefficient (Wildman–Crippen LogP) is 1.39. The molecule has 0 aromatic carbocycles. The zero-order valence-corrected chi connectivity index (χ0v) is 13.0. The van der Waals surface area contributed by atoms with Gasteiger partial charge in [0.05, 0.1) is 13.2 Å². The summed E-state index contributed by atoms with van der Waals surface area (Å²) in [6.07, 6.45) is 1.09. The molecule has 0 aromatic heterocycles. The van der Waals surface area contributed by atoms with Crippen LogP contribution in [0.3, 0.4) is 0 Å². The van der Waals surface area contributed by atoms with Gasteiger partial charge in [0, 0.05) is 19.6 Å². The highest BCUT2D eigenvalue weighted by atomic mass is 32.2. The average Bonchev–Trinajstić information content (AvgIpc) is 2.26. The smallest absolute Gasteiger partial charge is 0.279 e. The number of ether oxygens (including phenoxy) is 1. The van der Waals surface area contributed by atoms with Gasteiger partial charge in [-0.3, -0.25) is 0 Å². The van der Waals surface area contributed by atoms with E-state index >= 15 is 0 Å². The molecule has 112 valence electrons. The zero-order chi connectivity index (χ0) is 14.5. The Morgan fingerprint density at radius 2 is 1.95 bits per heavy atom. The minimum atomic E-state index is -3.37. The van der Waals surface area contributed by atoms with E-state index in [9.17, 15) is 8.42 Å². The van der Waals surface area contributed by atoms with Crippen molar-refractivity contribution >= 4 is 10.2 Å². The van der Waals surface area contributed by atoms with E-state index in [-0.39, 0.29) is 0 Å². The molecule has 0 bridgehead atoms. The Morgan fingerprint density at radius 3 is 2.47 bits per heavy atom. The van der Waals surface area contributed by atoms with Crippen LogP contribution in [0, 0.1) is 11.8 Å². The van der Waals surface area contributed by atoms with Crippen molar-refractivity contribution in [2.75, 3.05) is 32.8 Å². The van der Waals surface area contributed by atoms with Crippen molar-refractivity contribution < 1.29 is 13.2 Å². The van der Waals surface area contributed by atoms with Gasteiger partial charge in [-0.2, -0.15) is 17.4 Å². The highest BCUT2D eigenvalue weighted by Crippen LogP contribution is 2.22. The van der Waals surface area contributed by atoms with Crippen molar-refractivity contribution in [2.24, 2.45) is 11.8 Å². The van der Waals surface area contributed by atoms with Crippen LogP contribution in [0.15, 0.2) is 12.2 Å². The van der Waals surface area contributed by atoms with Crippen LogP contribution in [0.4, 0.5) is 0 Å². The normalized spacial score (nSPS) is 25.4. The SMILES string of the molecule is C=C(C)COCCNS(=O)(=O)N1CC(C)CC(C)C1. The minimum absolute atomic E-state index is 0.300. The van der Waals surface area contributed by atoms with Crippen LogP contribution in [-0.4, -0.2) is 45.6 Å².